The SMILES string of the molecule is CC1CC(C(=O)O)CCN1Cc1cc(-c2ccco2)on1. The number of hydrogen-bond acceptors (Lipinski definition) is 5. The summed E-state index contributed by atoms with van der Waals surface area (Å²) in [5, 5.41) is 13.1. The summed E-state index contributed by atoms with van der Waals surface area (Å²) in [6.07, 6.45) is 2.96. The number of nitrogens with zero attached hydrogens (tertiary/aromatic N) is 2. The number of aromatic nitrogens is 1. The normalized spacial score (nSPS) is 23.3. The molecule has 1 saturated heterocycles. The Morgan fingerprint density at radius 1 is 1.52 bits per heavy atom. The number of hydrogen-bond donors (Lipinski definition) is 1. The summed E-state index contributed by atoms with van der Waals surface area (Å²) in [4.78, 5) is 13.3. The molecular weight excluding hydrogens is 272 g/mol. The summed E-state index contributed by atoms with van der Waals surface area (Å²) in [5.74, 6) is 0.352. The third-order valence-electron chi connectivity index (χ3n) is 4.05. The first-order valence-electron chi connectivity index (χ1n) is 7.10. The van der Waals surface area contributed by atoms with Crippen LogP contribution in [-0.2, 0) is 11.3 Å². The Labute approximate surface area is 122 Å². The average Bonchev–Trinajstić information content (AvgIpc) is 3.11. The van der Waals surface area contributed by atoms with Gasteiger partial charge in [-0.25, -0.2) is 0 Å². The second kappa shape index (κ2) is 5.73. The minimum absolute atomic E-state index is 0.226. The van der Waals surface area contributed by atoms with E-state index in [4.69, 9.17) is 14.0 Å². The molecule has 2 atom stereocenters. The molecule has 21 heavy (non-hydrogen) atoms. The summed E-state index contributed by atoms with van der Waals surface area (Å²) in [6, 6.07) is 5.72. The topological polar surface area (TPSA) is 79.7 Å². The van der Waals surface area contributed by atoms with Gasteiger partial charge in [-0.15, -0.1) is 0 Å². The third-order valence-corrected chi connectivity index (χ3v) is 4.05. The zero-order valence-electron chi connectivity index (χ0n) is 11.9. The van der Waals surface area contributed by atoms with Crippen LogP contribution in [0.15, 0.2) is 33.4 Å². The molecule has 2 aromatic rings. The summed E-state index contributed by atoms with van der Waals surface area (Å²) < 4.78 is 10.6. The number of rotatable bonds is 4. The van der Waals surface area contributed by atoms with Crippen molar-refractivity contribution in [2.45, 2.75) is 32.4 Å². The van der Waals surface area contributed by atoms with Crippen molar-refractivity contribution in [2.75, 3.05) is 6.54 Å². The second-order valence-corrected chi connectivity index (χ2v) is 5.54. The van der Waals surface area contributed by atoms with Gasteiger partial charge in [-0.3, -0.25) is 9.69 Å². The van der Waals surface area contributed by atoms with Gasteiger partial charge in [0.15, 0.2) is 5.76 Å². The van der Waals surface area contributed by atoms with Crippen LogP contribution in [-0.4, -0.2) is 33.7 Å². The Bertz CT molecular complexity index is 605. The molecule has 3 rings (SSSR count). The van der Waals surface area contributed by atoms with E-state index in [-0.39, 0.29) is 12.0 Å². The van der Waals surface area contributed by atoms with Crippen LogP contribution in [0.4, 0.5) is 0 Å². The molecular formula is C15H18N2O4. The van der Waals surface area contributed by atoms with Crippen molar-refractivity contribution in [1.29, 1.82) is 0 Å². The van der Waals surface area contributed by atoms with E-state index in [1.165, 1.54) is 0 Å². The smallest absolute Gasteiger partial charge is 0.306 e. The second-order valence-electron chi connectivity index (χ2n) is 5.54. The Morgan fingerprint density at radius 2 is 2.38 bits per heavy atom. The first-order chi connectivity index (χ1) is 10.1. The predicted octanol–water partition coefficient (Wildman–Crippen LogP) is 2.62. The number of furan rings is 1. The Hall–Kier alpha value is -2.08. The average molecular weight is 290 g/mol. The zero-order valence-corrected chi connectivity index (χ0v) is 11.9. The summed E-state index contributed by atoms with van der Waals surface area (Å²) in [5.41, 5.74) is 0.835. The van der Waals surface area contributed by atoms with Crippen LogP contribution in [0.3, 0.4) is 0 Å². The number of carboxylic acid groups (broad SMARTS) is 1. The lowest BCUT2D eigenvalue weighted by Crippen LogP contribution is -2.42. The van der Waals surface area contributed by atoms with Gasteiger partial charge in [0.1, 0.15) is 0 Å². The van der Waals surface area contributed by atoms with E-state index in [9.17, 15) is 4.79 Å². The highest BCUT2D eigenvalue weighted by molar-refractivity contribution is 5.70. The maximum Gasteiger partial charge on any atom is 0.306 e. The number of likely N-dealkylation sites (tertiary alicyclic amines) is 1. The fourth-order valence-electron chi connectivity index (χ4n) is 2.81. The number of aliphatic carboxylic acids is 1. The van der Waals surface area contributed by atoms with E-state index in [0.717, 1.165) is 12.2 Å². The number of piperidine rings is 1. The quantitative estimate of drug-likeness (QED) is 0.932. The van der Waals surface area contributed by atoms with Crippen LogP contribution in [0.25, 0.3) is 11.5 Å². The minimum Gasteiger partial charge on any atom is -0.481 e. The van der Waals surface area contributed by atoms with E-state index >= 15 is 0 Å². The fraction of sp³-hybridized carbons (Fsp3) is 0.467. The lowest BCUT2D eigenvalue weighted by atomic mass is 9.91. The number of carbonyl (C=O) groups is 1. The van der Waals surface area contributed by atoms with Crippen molar-refractivity contribution in [3.05, 3.63) is 30.2 Å². The molecule has 112 valence electrons. The molecule has 0 spiro atoms. The van der Waals surface area contributed by atoms with Gasteiger partial charge in [-0.1, -0.05) is 5.16 Å². The standard InChI is InChI=1S/C15H18N2O4/c1-10-7-11(15(18)19)4-5-17(10)9-12-8-14(21-16-12)13-3-2-6-20-13/h2-3,6,8,10-11H,4-5,7,9H2,1H3,(H,18,19). The maximum atomic E-state index is 11.0. The largest absolute Gasteiger partial charge is 0.481 e. The molecule has 2 aromatic heterocycles. The van der Waals surface area contributed by atoms with Gasteiger partial charge >= 0.3 is 5.97 Å². The lowest BCUT2D eigenvalue weighted by molar-refractivity contribution is -0.144. The van der Waals surface area contributed by atoms with Gasteiger partial charge in [-0.05, 0) is 38.4 Å². The Balaban J connectivity index is 1.63. The molecule has 1 N–H and O–H groups in total. The van der Waals surface area contributed by atoms with Crippen molar-refractivity contribution in [1.82, 2.24) is 10.1 Å². The first kappa shape index (κ1) is 13.9. The van der Waals surface area contributed by atoms with Gasteiger partial charge in [-0.2, -0.15) is 0 Å². The van der Waals surface area contributed by atoms with Crippen LogP contribution in [0, 0.1) is 5.92 Å². The highest BCUT2D eigenvalue weighted by atomic mass is 16.5. The summed E-state index contributed by atoms with van der Waals surface area (Å²) >= 11 is 0. The molecule has 0 bridgehead atoms. The zero-order chi connectivity index (χ0) is 14.8. The maximum absolute atomic E-state index is 11.0. The highest BCUT2D eigenvalue weighted by Crippen LogP contribution is 2.26. The van der Waals surface area contributed by atoms with Crippen LogP contribution >= 0.6 is 0 Å². The molecule has 0 aromatic carbocycles. The van der Waals surface area contributed by atoms with Gasteiger partial charge in [0.2, 0.25) is 5.76 Å². The van der Waals surface area contributed by atoms with Crippen LogP contribution < -0.4 is 0 Å². The molecule has 1 fully saturated rings. The van der Waals surface area contributed by atoms with E-state index in [2.05, 4.69) is 17.0 Å². The van der Waals surface area contributed by atoms with Gasteiger partial charge < -0.3 is 14.0 Å². The minimum atomic E-state index is -0.692. The molecule has 1 aliphatic rings. The third kappa shape index (κ3) is 3.00. The number of carboxylic acids is 1. The van der Waals surface area contributed by atoms with Crippen molar-refractivity contribution < 1.29 is 18.8 Å². The molecule has 0 amide bonds. The van der Waals surface area contributed by atoms with E-state index in [1.807, 2.05) is 12.1 Å². The van der Waals surface area contributed by atoms with Crippen molar-refractivity contribution in [3.63, 3.8) is 0 Å². The fourth-order valence-corrected chi connectivity index (χ4v) is 2.81. The van der Waals surface area contributed by atoms with Crippen molar-refractivity contribution >= 4 is 5.97 Å². The molecule has 0 aliphatic carbocycles. The molecule has 6 heteroatoms. The Kier molecular flexibility index (Phi) is 3.79. The van der Waals surface area contributed by atoms with E-state index in [0.29, 0.717) is 30.9 Å². The first-order valence-corrected chi connectivity index (χ1v) is 7.10. The van der Waals surface area contributed by atoms with Gasteiger partial charge in [0, 0.05) is 18.7 Å². The monoisotopic (exact) mass is 290 g/mol. The molecule has 1 aliphatic heterocycles. The van der Waals surface area contributed by atoms with E-state index in [1.54, 1.807) is 12.3 Å². The van der Waals surface area contributed by atoms with Crippen molar-refractivity contribution in [2.24, 2.45) is 5.92 Å². The van der Waals surface area contributed by atoms with Gasteiger partial charge in [0.05, 0.1) is 17.9 Å². The summed E-state index contributed by atoms with van der Waals surface area (Å²) in [7, 11) is 0. The highest BCUT2D eigenvalue weighted by Gasteiger charge is 2.30. The molecule has 0 saturated carbocycles. The predicted molar refractivity (Wildman–Crippen MR) is 74.4 cm³/mol. The van der Waals surface area contributed by atoms with E-state index < -0.39 is 5.97 Å². The van der Waals surface area contributed by atoms with Crippen LogP contribution in [0.5, 0.6) is 0 Å². The van der Waals surface area contributed by atoms with Gasteiger partial charge in [0.25, 0.3) is 0 Å². The lowest BCUT2D eigenvalue weighted by Gasteiger charge is -2.35. The van der Waals surface area contributed by atoms with Crippen LogP contribution in [0.1, 0.15) is 25.5 Å². The van der Waals surface area contributed by atoms with Crippen LogP contribution in [0.2, 0.25) is 0 Å². The molecule has 6 nitrogen and oxygen atoms in total. The molecule has 3 heterocycles. The van der Waals surface area contributed by atoms with Crippen molar-refractivity contribution in [3.8, 4) is 11.5 Å². The summed E-state index contributed by atoms with van der Waals surface area (Å²) in [6.45, 7) is 3.49. The molecule has 2 unspecified atom stereocenters. The molecule has 0 radical (unpaired) electrons. The Morgan fingerprint density at radius 3 is 3.05 bits per heavy atom.